The number of likely N-dealkylation sites (tertiary alicyclic amines) is 1. The number of amides is 2. The van der Waals surface area contributed by atoms with Crippen molar-refractivity contribution in [1.82, 2.24) is 20.0 Å². The predicted molar refractivity (Wildman–Crippen MR) is 164 cm³/mol. The van der Waals surface area contributed by atoms with E-state index in [2.05, 4.69) is 69.5 Å². The van der Waals surface area contributed by atoms with Crippen LogP contribution in [-0.4, -0.2) is 52.2 Å². The van der Waals surface area contributed by atoms with E-state index in [1.807, 2.05) is 11.7 Å². The molecule has 3 aliphatic rings. The van der Waals surface area contributed by atoms with E-state index in [0.717, 1.165) is 71.6 Å². The Morgan fingerprint density at radius 3 is 2.66 bits per heavy atom. The number of aromatic nitrogens is 2. The van der Waals surface area contributed by atoms with Crippen molar-refractivity contribution < 1.29 is 14.3 Å². The summed E-state index contributed by atoms with van der Waals surface area (Å²) in [6.45, 7) is 5.48. The molecule has 0 spiro atoms. The van der Waals surface area contributed by atoms with Gasteiger partial charge in [-0.1, -0.05) is 40.2 Å². The summed E-state index contributed by atoms with van der Waals surface area (Å²) in [7, 11) is 1.98. The Morgan fingerprint density at radius 1 is 1.05 bits per heavy atom. The van der Waals surface area contributed by atoms with Crippen LogP contribution in [0.25, 0.3) is 10.9 Å². The minimum Gasteiger partial charge on any atom is -0.490 e. The van der Waals surface area contributed by atoms with Crippen molar-refractivity contribution in [1.29, 1.82) is 0 Å². The predicted octanol–water partition coefficient (Wildman–Crippen LogP) is 6.37. The van der Waals surface area contributed by atoms with Gasteiger partial charge in [0, 0.05) is 35.4 Å². The zero-order valence-corrected chi connectivity index (χ0v) is 25.8. The van der Waals surface area contributed by atoms with Crippen LogP contribution in [0.1, 0.15) is 86.4 Å². The van der Waals surface area contributed by atoms with E-state index in [4.69, 9.17) is 9.84 Å². The molecule has 218 valence electrons. The fraction of sp³-hybridized carbons (Fsp3) is 0.545. The van der Waals surface area contributed by atoms with E-state index in [1.54, 1.807) is 0 Å². The first-order valence-corrected chi connectivity index (χ1v) is 16.1. The van der Waals surface area contributed by atoms with Gasteiger partial charge in [0.2, 0.25) is 11.8 Å². The monoisotopic (exact) mass is 620 g/mol. The molecule has 8 heteroatoms. The second-order valence-electron chi connectivity index (χ2n) is 12.3. The highest BCUT2D eigenvalue weighted by atomic mass is 79.9. The molecule has 0 unspecified atom stereocenters. The molecule has 3 aromatic rings. The van der Waals surface area contributed by atoms with Gasteiger partial charge in [0.1, 0.15) is 5.75 Å². The van der Waals surface area contributed by atoms with E-state index in [9.17, 15) is 9.59 Å². The average Bonchev–Trinajstić information content (AvgIpc) is 3.57. The van der Waals surface area contributed by atoms with Crippen LogP contribution >= 0.6 is 15.9 Å². The molecule has 0 bridgehead atoms. The van der Waals surface area contributed by atoms with Crippen LogP contribution in [0.2, 0.25) is 0 Å². The third-order valence-electron chi connectivity index (χ3n) is 9.60. The van der Waals surface area contributed by atoms with Gasteiger partial charge in [0.15, 0.2) is 0 Å². The Balaban J connectivity index is 1.00. The minimum absolute atomic E-state index is 0.188. The molecular formula is C33H41BrN4O3. The van der Waals surface area contributed by atoms with Gasteiger partial charge in [-0.2, -0.15) is 5.10 Å². The SMILES string of the molecule is Cc1c(Br)cccc1O[C@H]1CC[C@H](CCCN2CC[C@H](c3cccc4c([C@H]5CCC(=O)NC5=O)nn(C)c34)C2)CC1. The minimum atomic E-state index is -0.363. The third-order valence-corrected chi connectivity index (χ3v) is 10.5. The highest BCUT2D eigenvalue weighted by Gasteiger charge is 2.33. The number of carbonyl (C=O) groups excluding carboxylic acids is 2. The van der Waals surface area contributed by atoms with Gasteiger partial charge in [-0.3, -0.25) is 19.6 Å². The third kappa shape index (κ3) is 6.09. The number of halogens is 1. The van der Waals surface area contributed by atoms with Crippen LogP contribution in [0.15, 0.2) is 40.9 Å². The van der Waals surface area contributed by atoms with Crippen LogP contribution in [0.3, 0.4) is 0 Å². The molecule has 2 atom stereocenters. The number of benzene rings is 2. The van der Waals surface area contributed by atoms with Crippen molar-refractivity contribution in [3.05, 3.63) is 57.7 Å². The molecule has 2 saturated heterocycles. The van der Waals surface area contributed by atoms with Crippen molar-refractivity contribution in [2.24, 2.45) is 13.0 Å². The summed E-state index contributed by atoms with van der Waals surface area (Å²) in [6.07, 6.45) is 9.76. The number of fused-ring (bicyclic) bond motifs is 1. The lowest BCUT2D eigenvalue weighted by Gasteiger charge is -2.30. The topological polar surface area (TPSA) is 76.5 Å². The second-order valence-corrected chi connectivity index (χ2v) is 13.2. The first-order chi connectivity index (χ1) is 19.9. The van der Waals surface area contributed by atoms with E-state index < -0.39 is 0 Å². The highest BCUT2D eigenvalue weighted by molar-refractivity contribution is 9.10. The van der Waals surface area contributed by atoms with E-state index in [0.29, 0.717) is 24.9 Å². The maximum absolute atomic E-state index is 12.6. The zero-order chi connectivity index (χ0) is 28.5. The molecular weight excluding hydrogens is 580 g/mol. The normalized spacial score (nSPS) is 25.5. The summed E-state index contributed by atoms with van der Waals surface area (Å²) in [4.78, 5) is 26.9. The molecule has 1 saturated carbocycles. The van der Waals surface area contributed by atoms with Gasteiger partial charge < -0.3 is 9.64 Å². The Kier molecular flexibility index (Phi) is 8.50. The number of hydrogen-bond donors (Lipinski definition) is 1. The average molecular weight is 622 g/mol. The molecule has 3 fully saturated rings. The van der Waals surface area contributed by atoms with E-state index in [1.165, 1.54) is 36.8 Å². The second kappa shape index (κ2) is 12.3. The molecule has 1 aliphatic carbocycles. The van der Waals surface area contributed by atoms with Crippen LogP contribution < -0.4 is 10.1 Å². The maximum Gasteiger partial charge on any atom is 0.235 e. The molecule has 7 nitrogen and oxygen atoms in total. The molecule has 3 heterocycles. The van der Waals surface area contributed by atoms with Crippen molar-refractivity contribution >= 4 is 38.6 Å². The van der Waals surface area contributed by atoms with Crippen molar-refractivity contribution in [2.45, 2.75) is 82.7 Å². The Labute approximate surface area is 251 Å². The van der Waals surface area contributed by atoms with E-state index in [-0.39, 0.29) is 17.7 Å². The van der Waals surface area contributed by atoms with Crippen molar-refractivity contribution in [3.63, 3.8) is 0 Å². The number of imide groups is 1. The standard InChI is InChI=1S/C33H41BrN4O3/c1-21-28(34)9-4-10-29(21)41-24-13-11-22(12-14-24)6-5-18-38-19-17-23(20-38)25-7-3-8-26-31(36-37(2)32(25)26)27-15-16-30(39)35-33(27)40/h3-4,7-10,22-24,27H,5-6,11-20H2,1-2H3,(H,35,39,40)/t22-,23-,24-,27+/m0/s1. The Hall–Kier alpha value is -2.71. The van der Waals surface area contributed by atoms with Crippen LogP contribution in [0.5, 0.6) is 5.75 Å². The lowest BCUT2D eigenvalue weighted by molar-refractivity contribution is -0.134. The summed E-state index contributed by atoms with van der Waals surface area (Å²) in [6, 6.07) is 12.6. The van der Waals surface area contributed by atoms with Gasteiger partial charge in [-0.25, -0.2) is 0 Å². The fourth-order valence-corrected chi connectivity index (χ4v) is 7.61. The van der Waals surface area contributed by atoms with Crippen LogP contribution in [0.4, 0.5) is 0 Å². The maximum atomic E-state index is 12.6. The highest BCUT2D eigenvalue weighted by Crippen LogP contribution is 2.37. The molecule has 1 aromatic heterocycles. The fourth-order valence-electron chi connectivity index (χ4n) is 7.26. The molecule has 1 N–H and O–H groups in total. The number of hydrogen-bond acceptors (Lipinski definition) is 5. The van der Waals surface area contributed by atoms with Gasteiger partial charge in [-0.15, -0.1) is 0 Å². The lowest BCUT2D eigenvalue weighted by atomic mass is 9.84. The summed E-state index contributed by atoms with van der Waals surface area (Å²) in [5.41, 5.74) is 4.46. The summed E-state index contributed by atoms with van der Waals surface area (Å²) in [5, 5.41) is 8.34. The number of piperidine rings is 1. The molecule has 2 aromatic carbocycles. The number of nitrogens with zero attached hydrogens (tertiary/aromatic N) is 3. The zero-order valence-electron chi connectivity index (χ0n) is 24.2. The molecule has 0 radical (unpaired) electrons. The lowest BCUT2D eigenvalue weighted by Crippen LogP contribution is -2.39. The first kappa shape index (κ1) is 28.4. The summed E-state index contributed by atoms with van der Waals surface area (Å²) >= 11 is 3.62. The molecule has 2 aliphatic heterocycles. The number of ether oxygens (including phenoxy) is 1. The quantitative estimate of drug-likeness (QED) is 0.296. The smallest absolute Gasteiger partial charge is 0.235 e. The molecule has 6 rings (SSSR count). The summed E-state index contributed by atoms with van der Waals surface area (Å²) < 4.78 is 9.42. The van der Waals surface area contributed by atoms with Gasteiger partial charge >= 0.3 is 0 Å². The summed E-state index contributed by atoms with van der Waals surface area (Å²) in [5.74, 6) is 1.52. The van der Waals surface area contributed by atoms with Crippen LogP contribution in [0, 0.1) is 12.8 Å². The van der Waals surface area contributed by atoms with Crippen molar-refractivity contribution in [3.8, 4) is 5.75 Å². The number of rotatable bonds is 8. The Bertz CT molecular complexity index is 1430. The number of carbonyl (C=O) groups is 2. The van der Waals surface area contributed by atoms with E-state index >= 15 is 0 Å². The number of aryl methyl sites for hydroxylation is 1. The van der Waals surface area contributed by atoms with Gasteiger partial charge in [-0.05, 0) is 101 Å². The Morgan fingerprint density at radius 2 is 1.85 bits per heavy atom. The number of nitrogens with one attached hydrogen (secondary N) is 1. The first-order valence-electron chi connectivity index (χ1n) is 15.3. The molecule has 41 heavy (non-hydrogen) atoms. The van der Waals surface area contributed by atoms with Crippen molar-refractivity contribution in [2.75, 3.05) is 19.6 Å². The van der Waals surface area contributed by atoms with Gasteiger partial charge in [0.25, 0.3) is 0 Å². The van der Waals surface area contributed by atoms with Crippen LogP contribution in [-0.2, 0) is 16.6 Å². The molecule has 2 amide bonds. The number of para-hydroxylation sites is 1. The van der Waals surface area contributed by atoms with Gasteiger partial charge in [0.05, 0.1) is 23.2 Å². The largest absolute Gasteiger partial charge is 0.490 e.